The van der Waals surface area contributed by atoms with Gasteiger partial charge in [0.15, 0.2) is 0 Å². The van der Waals surface area contributed by atoms with Crippen molar-refractivity contribution in [3.05, 3.63) is 23.8 Å². The molecule has 0 N–H and O–H groups in total. The second-order valence-electron chi connectivity index (χ2n) is 4.31. The molecule has 0 heterocycles. The fraction of sp³-hybridized carbons (Fsp3) is 0.615. The van der Waals surface area contributed by atoms with E-state index in [2.05, 4.69) is 19.9 Å². The molecule has 1 rings (SSSR count). The van der Waals surface area contributed by atoms with Gasteiger partial charge in [0, 0.05) is 5.41 Å². The molecule has 2 heteroatoms. The smallest absolute Gasteiger partial charge is 0.313 e. The molecule has 0 amide bonds. The van der Waals surface area contributed by atoms with Crippen LogP contribution in [0.4, 0.5) is 0 Å². The predicted octanol–water partition coefficient (Wildman–Crippen LogP) is 3.10. The summed E-state index contributed by atoms with van der Waals surface area (Å²) in [6, 6.07) is 0. The number of carbonyl (C=O) groups excluding carboxylic acids is 1. The Hall–Kier alpha value is -1.05. The van der Waals surface area contributed by atoms with E-state index in [1.807, 2.05) is 26.0 Å². The molecule has 0 fully saturated rings. The van der Waals surface area contributed by atoms with Gasteiger partial charge >= 0.3 is 5.97 Å². The highest BCUT2D eigenvalue weighted by Gasteiger charge is 2.39. The van der Waals surface area contributed by atoms with Gasteiger partial charge in [0.2, 0.25) is 0 Å². The number of allylic oxidation sites excluding steroid dienone is 3. The van der Waals surface area contributed by atoms with Crippen molar-refractivity contribution in [1.29, 1.82) is 0 Å². The number of esters is 1. The Balaban J connectivity index is 2.96. The maximum absolute atomic E-state index is 11.9. The molecule has 0 bridgehead atoms. The highest BCUT2D eigenvalue weighted by atomic mass is 16.5. The lowest BCUT2D eigenvalue weighted by molar-refractivity contribution is -0.149. The van der Waals surface area contributed by atoms with Gasteiger partial charge in [0.25, 0.3) is 0 Å². The Morgan fingerprint density at radius 1 is 1.53 bits per heavy atom. The van der Waals surface area contributed by atoms with Gasteiger partial charge in [-0.1, -0.05) is 37.6 Å². The van der Waals surface area contributed by atoms with Crippen LogP contribution in [-0.2, 0) is 9.53 Å². The minimum Gasteiger partial charge on any atom is -0.466 e. The first-order chi connectivity index (χ1) is 7.05. The lowest BCUT2D eigenvalue weighted by atomic mass is 9.69. The number of ether oxygens (including phenoxy) is 1. The van der Waals surface area contributed by atoms with Gasteiger partial charge in [-0.15, -0.1) is 0 Å². The minimum atomic E-state index is -0.118. The Labute approximate surface area is 92.0 Å². The van der Waals surface area contributed by atoms with Crippen LogP contribution in [0.5, 0.6) is 0 Å². The molecule has 1 aliphatic rings. The Morgan fingerprint density at radius 3 is 2.73 bits per heavy atom. The van der Waals surface area contributed by atoms with Crippen molar-refractivity contribution >= 4 is 5.97 Å². The number of hydrogen-bond donors (Lipinski definition) is 0. The summed E-state index contributed by atoms with van der Waals surface area (Å²) >= 11 is 0. The Morgan fingerprint density at radius 2 is 2.20 bits per heavy atom. The molecule has 2 nitrogen and oxygen atoms in total. The van der Waals surface area contributed by atoms with Crippen molar-refractivity contribution in [3.63, 3.8) is 0 Å². The summed E-state index contributed by atoms with van der Waals surface area (Å²) in [4.78, 5) is 11.9. The number of rotatable bonds is 3. The second kappa shape index (κ2) is 4.65. The SMILES string of the molecule is CCOC(=O)C1C(C)=CC=CC1(C)CC. The maximum atomic E-state index is 11.9. The first kappa shape index (κ1) is 12.0. The summed E-state index contributed by atoms with van der Waals surface area (Å²) in [5, 5.41) is 0. The lowest BCUT2D eigenvalue weighted by Crippen LogP contribution is -2.35. The summed E-state index contributed by atoms with van der Waals surface area (Å²) < 4.78 is 5.14. The normalized spacial score (nSPS) is 29.9. The molecule has 0 spiro atoms. The molecule has 1 aliphatic carbocycles. The van der Waals surface area contributed by atoms with Gasteiger partial charge in [-0.2, -0.15) is 0 Å². The van der Waals surface area contributed by atoms with Crippen LogP contribution in [0.25, 0.3) is 0 Å². The highest BCUT2D eigenvalue weighted by molar-refractivity contribution is 5.77. The van der Waals surface area contributed by atoms with Crippen molar-refractivity contribution in [2.45, 2.75) is 34.1 Å². The van der Waals surface area contributed by atoms with Crippen molar-refractivity contribution in [2.24, 2.45) is 11.3 Å². The number of carbonyl (C=O) groups is 1. The standard InChI is InChI=1S/C13H20O2/c1-5-13(4)9-7-8-10(3)11(13)12(14)15-6-2/h7-9,11H,5-6H2,1-4H3. The second-order valence-corrected chi connectivity index (χ2v) is 4.31. The number of hydrogen-bond acceptors (Lipinski definition) is 2. The molecule has 0 aliphatic heterocycles. The molecule has 0 aromatic carbocycles. The summed E-state index contributed by atoms with van der Waals surface area (Å²) in [5.74, 6) is -0.215. The molecule has 2 unspecified atom stereocenters. The van der Waals surface area contributed by atoms with E-state index in [0.29, 0.717) is 6.61 Å². The van der Waals surface area contributed by atoms with E-state index in [1.54, 1.807) is 0 Å². The van der Waals surface area contributed by atoms with E-state index in [0.717, 1.165) is 12.0 Å². The van der Waals surface area contributed by atoms with Crippen molar-refractivity contribution in [1.82, 2.24) is 0 Å². The first-order valence-corrected chi connectivity index (χ1v) is 5.57. The van der Waals surface area contributed by atoms with Gasteiger partial charge in [-0.25, -0.2) is 0 Å². The molecule has 0 aromatic rings. The molecule has 84 valence electrons. The molecular formula is C13H20O2. The van der Waals surface area contributed by atoms with Crippen LogP contribution < -0.4 is 0 Å². The topological polar surface area (TPSA) is 26.3 Å². The van der Waals surface area contributed by atoms with Crippen LogP contribution in [-0.4, -0.2) is 12.6 Å². The third-order valence-electron chi connectivity index (χ3n) is 3.23. The highest BCUT2D eigenvalue weighted by Crippen LogP contribution is 2.40. The summed E-state index contributed by atoms with van der Waals surface area (Å²) in [6.07, 6.45) is 7.09. The first-order valence-electron chi connectivity index (χ1n) is 5.57. The van der Waals surface area contributed by atoms with Gasteiger partial charge in [0.05, 0.1) is 12.5 Å². The maximum Gasteiger partial charge on any atom is 0.313 e. The van der Waals surface area contributed by atoms with Crippen LogP contribution in [0.3, 0.4) is 0 Å². The van der Waals surface area contributed by atoms with Crippen molar-refractivity contribution in [2.75, 3.05) is 6.61 Å². The van der Waals surface area contributed by atoms with Crippen LogP contribution in [0.2, 0.25) is 0 Å². The quantitative estimate of drug-likeness (QED) is 0.666. The molecule has 2 atom stereocenters. The van der Waals surface area contributed by atoms with Gasteiger partial charge in [-0.05, 0) is 20.3 Å². The zero-order chi connectivity index (χ0) is 11.5. The van der Waals surface area contributed by atoms with E-state index < -0.39 is 0 Å². The zero-order valence-electron chi connectivity index (χ0n) is 10.0. The summed E-state index contributed by atoms with van der Waals surface area (Å²) in [7, 11) is 0. The molecule has 0 radical (unpaired) electrons. The summed E-state index contributed by atoms with van der Waals surface area (Å²) in [6.45, 7) is 8.51. The monoisotopic (exact) mass is 208 g/mol. The van der Waals surface area contributed by atoms with Gasteiger partial charge in [-0.3, -0.25) is 4.79 Å². The molecule has 0 saturated carbocycles. The van der Waals surface area contributed by atoms with Crippen molar-refractivity contribution < 1.29 is 9.53 Å². The minimum absolute atomic E-state index is 0.0922. The van der Waals surface area contributed by atoms with E-state index in [9.17, 15) is 4.79 Å². The van der Waals surface area contributed by atoms with Crippen LogP contribution in [0.15, 0.2) is 23.8 Å². The largest absolute Gasteiger partial charge is 0.466 e. The third-order valence-corrected chi connectivity index (χ3v) is 3.23. The van der Waals surface area contributed by atoms with Gasteiger partial charge < -0.3 is 4.74 Å². The van der Waals surface area contributed by atoms with Crippen LogP contribution in [0.1, 0.15) is 34.1 Å². The van der Waals surface area contributed by atoms with E-state index in [1.165, 1.54) is 0 Å². The zero-order valence-corrected chi connectivity index (χ0v) is 10.0. The lowest BCUT2D eigenvalue weighted by Gasteiger charge is -2.35. The van der Waals surface area contributed by atoms with E-state index in [-0.39, 0.29) is 17.3 Å². The average Bonchev–Trinajstić information content (AvgIpc) is 2.18. The van der Waals surface area contributed by atoms with Crippen molar-refractivity contribution in [3.8, 4) is 0 Å². The fourth-order valence-electron chi connectivity index (χ4n) is 2.13. The van der Waals surface area contributed by atoms with Crippen LogP contribution in [0, 0.1) is 11.3 Å². The summed E-state index contributed by atoms with van der Waals surface area (Å²) in [5.41, 5.74) is 1.01. The van der Waals surface area contributed by atoms with Gasteiger partial charge in [0.1, 0.15) is 0 Å². The van der Waals surface area contributed by atoms with E-state index >= 15 is 0 Å². The third kappa shape index (κ3) is 2.31. The Kier molecular flexibility index (Phi) is 3.72. The average molecular weight is 208 g/mol. The fourth-order valence-corrected chi connectivity index (χ4v) is 2.13. The van der Waals surface area contributed by atoms with E-state index in [4.69, 9.17) is 4.74 Å². The predicted molar refractivity (Wildman–Crippen MR) is 61.4 cm³/mol. The molecule has 15 heavy (non-hydrogen) atoms. The molecule has 0 saturated heterocycles. The van der Waals surface area contributed by atoms with Crippen LogP contribution >= 0.6 is 0 Å². The molecular weight excluding hydrogens is 188 g/mol. The Bertz CT molecular complexity index is 302. The molecule has 0 aromatic heterocycles.